The van der Waals surface area contributed by atoms with Gasteiger partial charge in [0.1, 0.15) is 5.69 Å². The molecule has 1 aromatic heterocycles. The van der Waals surface area contributed by atoms with Crippen molar-refractivity contribution in [3.05, 3.63) is 51.8 Å². The average Bonchev–Trinajstić information content (AvgIpc) is 2.42. The lowest BCUT2D eigenvalue weighted by molar-refractivity contribution is 0.411. The maximum absolute atomic E-state index is 13.4. The Morgan fingerprint density at radius 3 is 2.20 bits per heavy atom. The van der Waals surface area contributed by atoms with Crippen LogP contribution in [0.2, 0.25) is 0 Å². The molecular weight excluding hydrogens is 342 g/mol. The minimum absolute atomic E-state index is 0.131. The number of halogens is 5. The summed E-state index contributed by atoms with van der Waals surface area (Å²) in [6, 6.07) is 5.95. The first-order valence-corrected chi connectivity index (χ1v) is 5.90. The Kier molecular flexibility index (Phi) is 3.90. The van der Waals surface area contributed by atoms with Crippen LogP contribution in [0.3, 0.4) is 0 Å². The summed E-state index contributed by atoms with van der Waals surface area (Å²) in [6.45, 7) is 0. The molecule has 0 unspecified atom stereocenters. The highest BCUT2D eigenvalue weighted by Crippen LogP contribution is 2.30. The molecule has 102 valence electrons. The van der Waals surface area contributed by atoms with E-state index < -0.39 is 29.2 Å². The molecule has 0 fully saturated rings. The van der Waals surface area contributed by atoms with Gasteiger partial charge in [-0.1, -0.05) is 0 Å². The number of anilines is 2. The lowest BCUT2D eigenvalue weighted by Gasteiger charge is -2.11. The van der Waals surface area contributed by atoms with Crippen LogP contribution < -0.4 is 5.32 Å². The Bertz CT molecular complexity index is 701. The van der Waals surface area contributed by atoms with Crippen molar-refractivity contribution >= 4 is 27.3 Å². The van der Waals surface area contributed by atoms with Crippen LogP contribution >= 0.6 is 15.9 Å². The predicted molar refractivity (Wildman–Crippen MR) is 66.2 cm³/mol. The van der Waals surface area contributed by atoms with Crippen molar-refractivity contribution in [2.45, 2.75) is 0 Å². The molecule has 0 bridgehead atoms. The van der Waals surface area contributed by atoms with E-state index in [0.717, 1.165) is 0 Å². The molecule has 1 N–H and O–H groups in total. The summed E-state index contributed by atoms with van der Waals surface area (Å²) in [4.78, 5) is 2.45. The molecule has 0 aliphatic heterocycles. The molecule has 0 spiro atoms. The van der Waals surface area contributed by atoms with E-state index in [9.17, 15) is 17.6 Å². The van der Waals surface area contributed by atoms with Gasteiger partial charge in [0.2, 0.25) is 11.6 Å². The van der Waals surface area contributed by atoms with Crippen molar-refractivity contribution in [3.8, 4) is 6.07 Å². The SMILES string of the molecule is N#Cc1ccc(Nc2c(F)c(F)nc(F)c2F)c(Br)c1. The molecular formula is C12H4BrF4N3. The van der Waals surface area contributed by atoms with Crippen LogP contribution in [0.4, 0.5) is 28.9 Å². The number of nitriles is 1. The summed E-state index contributed by atoms with van der Waals surface area (Å²) in [7, 11) is 0. The van der Waals surface area contributed by atoms with Crippen LogP contribution in [-0.4, -0.2) is 4.98 Å². The quantitative estimate of drug-likeness (QED) is 0.660. The highest BCUT2D eigenvalue weighted by molar-refractivity contribution is 9.10. The van der Waals surface area contributed by atoms with Gasteiger partial charge < -0.3 is 5.32 Å². The van der Waals surface area contributed by atoms with Gasteiger partial charge in [0.05, 0.1) is 17.3 Å². The minimum atomic E-state index is -1.75. The molecule has 0 atom stereocenters. The van der Waals surface area contributed by atoms with Crippen molar-refractivity contribution in [2.24, 2.45) is 0 Å². The predicted octanol–water partition coefficient (Wildman–Crippen LogP) is 4.02. The molecule has 0 saturated carbocycles. The van der Waals surface area contributed by atoms with Gasteiger partial charge in [-0.3, -0.25) is 0 Å². The second-order valence-corrected chi connectivity index (χ2v) is 4.48. The normalized spacial score (nSPS) is 10.2. The van der Waals surface area contributed by atoms with Gasteiger partial charge >= 0.3 is 0 Å². The van der Waals surface area contributed by atoms with E-state index in [1.807, 2.05) is 6.07 Å². The van der Waals surface area contributed by atoms with Crippen LogP contribution in [0.15, 0.2) is 22.7 Å². The van der Waals surface area contributed by atoms with Gasteiger partial charge in [0.15, 0.2) is 0 Å². The highest BCUT2D eigenvalue weighted by Gasteiger charge is 2.21. The molecule has 1 heterocycles. The van der Waals surface area contributed by atoms with Crippen molar-refractivity contribution < 1.29 is 17.6 Å². The topological polar surface area (TPSA) is 48.7 Å². The number of hydrogen-bond acceptors (Lipinski definition) is 3. The van der Waals surface area contributed by atoms with Gasteiger partial charge in [0.25, 0.3) is 11.9 Å². The van der Waals surface area contributed by atoms with Gasteiger partial charge in [0, 0.05) is 4.47 Å². The standard InChI is InChI=1S/C12H4BrF4N3/c13-6-3-5(4-18)1-2-7(6)19-10-8(14)11(16)20-12(17)9(10)15/h1-3H,(H,19,20). The van der Waals surface area contributed by atoms with E-state index >= 15 is 0 Å². The molecule has 0 aliphatic carbocycles. The first-order chi connectivity index (χ1) is 9.43. The second-order valence-electron chi connectivity index (χ2n) is 3.63. The van der Waals surface area contributed by atoms with Crippen LogP contribution in [0.1, 0.15) is 5.56 Å². The monoisotopic (exact) mass is 345 g/mol. The number of nitrogens with one attached hydrogen (secondary N) is 1. The first kappa shape index (κ1) is 14.3. The number of benzene rings is 1. The van der Waals surface area contributed by atoms with E-state index in [0.29, 0.717) is 10.0 Å². The number of rotatable bonds is 2. The Labute approximate surface area is 119 Å². The van der Waals surface area contributed by atoms with E-state index in [1.54, 1.807) is 0 Å². The van der Waals surface area contributed by atoms with Crippen LogP contribution in [0, 0.1) is 34.9 Å². The fraction of sp³-hybridized carbons (Fsp3) is 0. The maximum Gasteiger partial charge on any atom is 0.253 e. The van der Waals surface area contributed by atoms with Gasteiger partial charge in [-0.15, -0.1) is 0 Å². The molecule has 2 rings (SSSR count). The van der Waals surface area contributed by atoms with Gasteiger partial charge in [-0.2, -0.15) is 27.8 Å². The van der Waals surface area contributed by atoms with E-state index in [2.05, 4.69) is 26.2 Å². The highest BCUT2D eigenvalue weighted by atomic mass is 79.9. The third-order valence-electron chi connectivity index (χ3n) is 2.36. The van der Waals surface area contributed by atoms with Crippen LogP contribution in [0.25, 0.3) is 0 Å². The zero-order valence-corrected chi connectivity index (χ0v) is 11.1. The zero-order valence-electron chi connectivity index (χ0n) is 9.52. The lowest BCUT2D eigenvalue weighted by atomic mass is 10.2. The summed E-state index contributed by atoms with van der Waals surface area (Å²) in [5.74, 6) is -6.78. The average molecular weight is 346 g/mol. The summed E-state index contributed by atoms with van der Waals surface area (Å²) >= 11 is 3.07. The molecule has 20 heavy (non-hydrogen) atoms. The van der Waals surface area contributed by atoms with E-state index in [-0.39, 0.29) is 5.69 Å². The zero-order chi connectivity index (χ0) is 14.9. The van der Waals surface area contributed by atoms with Crippen molar-refractivity contribution in [3.63, 3.8) is 0 Å². The maximum atomic E-state index is 13.4. The molecule has 1 aromatic carbocycles. The lowest BCUT2D eigenvalue weighted by Crippen LogP contribution is -2.06. The fourth-order valence-corrected chi connectivity index (χ4v) is 1.90. The van der Waals surface area contributed by atoms with Gasteiger partial charge in [-0.25, -0.2) is 0 Å². The summed E-state index contributed by atoms with van der Waals surface area (Å²) in [5, 5.41) is 10.9. The van der Waals surface area contributed by atoms with E-state index in [1.165, 1.54) is 18.2 Å². The van der Waals surface area contributed by atoms with Crippen molar-refractivity contribution in [1.29, 1.82) is 5.26 Å². The Hall–Kier alpha value is -2.14. The Morgan fingerprint density at radius 1 is 1.10 bits per heavy atom. The fourth-order valence-electron chi connectivity index (χ4n) is 1.42. The van der Waals surface area contributed by atoms with Crippen LogP contribution in [0.5, 0.6) is 0 Å². The van der Waals surface area contributed by atoms with Crippen molar-refractivity contribution in [2.75, 3.05) is 5.32 Å². The number of pyridine rings is 1. The number of aromatic nitrogens is 1. The Balaban J connectivity index is 2.48. The molecule has 0 saturated heterocycles. The summed E-state index contributed by atoms with van der Waals surface area (Å²) < 4.78 is 53.1. The third kappa shape index (κ3) is 2.58. The molecule has 3 nitrogen and oxygen atoms in total. The summed E-state index contributed by atoms with van der Waals surface area (Å²) in [5.41, 5.74) is -0.567. The largest absolute Gasteiger partial charge is 0.350 e. The van der Waals surface area contributed by atoms with Crippen LogP contribution in [-0.2, 0) is 0 Å². The summed E-state index contributed by atoms with van der Waals surface area (Å²) in [6.07, 6.45) is 0. The van der Waals surface area contributed by atoms with E-state index in [4.69, 9.17) is 5.26 Å². The molecule has 0 radical (unpaired) electrons. The second kappa shape index (κ2) is 5.46. The van der Waals surface area contributed by atoms with Gasteiger partial charge in [-0.05, 0) is 34.1 Å². The molecule has 0 amide bonds. The molecule has 8 heteroatoms. The minimum Gasteiger partial charge on any atom is -0.350 e. The Morgan fingerprint density at radius 2 is 1.70 bits per heavy atom. The first-order valence-electron chi connectivity index (χ1n) is 5.10. The molecule has 2 aromatic rings. The number of nitrogens with zero attached hydrogens (tertiary/aromatic N) is 2. The van der Waals surface area contributed by atoms with Crippen molar-refractivity contribution in [1.82, 2.24) is 4.98 Å². The smallest absolute Gasteiger partial charge is 0.253 e. The molecule has 0 aliphatic rings. The third-order valence-corrected chi connectivity index (χ3v) is 3.01. The number of hydrogen-bond donors (Lipinski definition) is 1.